The minimum atomic E-state index is -0.356. The summed E-state index contributed by atoms with van der Waals surface area (Å²) >= 11 is 3.09. The number of benzene rings is 1. The van der Waals surface area contributed by atoms with Gasteiger partial charge in [-0.15, -0.1) is 0 Å². The Kier molecular flexibility index (Phi) is 4.75. The molecule has 1 aromatic rings. The molecule has 0 aliphatic heterocycles. The number of carbonyl (C=O) groups excluding carboxylic acids is 1. The topological polar surface area (TPSA) is 29.1 Å². The lowest BCUT2D eigenvalue weighted by Gasteiger charge is -2.20. The predicted octanol–water partition coefficient (Wildman–Crippen LogP) is 4.50. The fraction of sp³-hybridized carbons (Fsp3) is 0.500. The molecule has 0 bridgehead atoms. The number of amides is 1. The molecule has 0 heterocycles. The van der Waals surface area contributed by atoms with Gasteiger partial charge in [-0.1, -0.05) is 19.3 Å². The van der Waals surface area contributed by atoms with Gasteiger partial charge in [0.05, 0.1) is 4.47 Å². The first-order valence-corrected chi connectivity index (χ1v) is 7.19. The third kappa shape index (κ3) is 3.80. The van der Waals surface area contributed by atoms with Crippen LogP contribution in [0.4, 0.5) is 10.1 Å². The Balaban J connectivity index is 1.88. The number of anilines is 1. The molecule has 1 aromatic carbocycles. The quantitative estimate of drug-likeness (QED) is 0.874. The normalized spacial score (nSPS) is 16.6. The Morgan fingerprint density at radius 3 is 2.72 bits per heavy atom. The van der Waals surface area contributed by atoms with E-state index in [0.29, 0.717) is 22.5 Å². The van der Waals surface area contributed by atoms with Crippen LogP contribution in [-0.2, 0) is 4.79 Å². The molecule has 1 amide bonds. The number of hydrogen-bond donors (Lipinski definition) is 1. The van der Waals surface area contributed by atoms with Gasteiger partial charge in [0.1, 0.15) is 5.82 Å². The first-order valence-electron chi connectivity index (χ1n) is 6.40. The monoisotopic (exact) mass is 313 g/mol. The largest absolute Gasteiger partial charge is 0.326 e. The Bertz CT molecular complexity index is 430. The molecule has 1 N–H and O–H groups in total. The maximum atomic E-state index is 13.3. The van der Waals surface area contributed by atoms with E-state index in [4.69, 9.17) is 0 Å². The molecule has 0 spiro atoms. The van der Waals surface area contributed by atoms with Gasteiger partial charge in [0.15, 0.2) is 0 Å². The fourth-order valence-electron chi connectivity index (χ4n) is 2.44. The lowest BCUT2D eigenvalue weighted by atomic mass is 9.87. The van der Waals surface area contributed by atoms with Crippen molar-refractivity contribution in [1.29, 1.82) is 0 Å². The van der Waals surface area contributed by atoms with Gasteiger partial charge in [0.25, 0.3) is 0 Å². The Morgan fingerprint density at radius 1 is 1.33 bits per heavy atom. The van der Waals surface area contributed by atoms with Crippen LogP contribution < -0.4 is 5.32 Å². The summed E-state index contributed by atoms with van der Waals surface area (Å²) in [7, 11) is 0. The zero-order chi connectivity index (χ0) is 13.0. The van der Waals surface area contributed by atoms with Crippen molar-refractivity contribution in [1.82, 2.24) is 0 Å². The van der Waals surface area contributed by atoms with Crippen molar-refractivity contribution in [3.05, 3.63) is 28.5 Å². The zero-order valence-corrected chi connectivity index (χ0v) is 11.8. The summed E-state index contributed by atoms with van der Waals surface area (Å²) in [6, 6.07) is 4.64. The summed E-state index contributed by atoms with van der Waals surface area (Å²) in [6.45, 7) is 0. The molecule has 0 unspecified atom stereocenters. The molecule has 0 saturated heterocycles. The van der Waals surface area contributed by atoms with E-state index in [1.165, 1.54) is 25.3 Å². The van der Waals surface area contributed by atoms with Crippen LogP contribution in [0.25, 0.3) is 0 Å². The van der Waals surface area contributed by atoms with Gasteiger partial charge in [-0.3, -0.25) is 4.79 Å². The molecule has 1 aliphatic carbocycles. The van der Waals surface area contributed by atoms with Crippen LogP contribution in [0, 0.1) is 11.7 Å². The number of halogens is 2. The van der Waals surface area contributed by atoms with Gasteiger partial charge in [-0.2, -0.15) is 0 Å². The van der Waals surface area contributed by atoms with Crippen molar-refractivity contribution < 1.29 is 9.18 Å². The maximum Gasteiger partial charge on any atom is 0.224 e. The third-order valence-corrected chi connectivity index (χ3v) is 4.05. The van der Waals surface area contributed by atoms with Crippen molar-refractivity contribution in [2.75, 3.05) is 5.32 Å². The summed E-state index contributed by atoms with van der Waals surface area (Å²) in [5, 5.41) is 2.76. The van der Waals surface area contributed by atoms with E-state index < -0.39 is 0 Å². The highest BCUT2D eigenvalue weighted by Gasteiger charge is 2.17. The number of nitrogens with one attached hydrogen (secondary N) is 1. The maximum absolute atomic E-state index is 13.3. The van der Waals surface area contributed by atoms with E-state index in [9.17, 15) is 9.18 Å². The first kappa shape index (κ1) is 13.5. The molecule has 1 aliphatic rings. The van der Waals surface area contributed by atoms with Crippen LogP contribution in [-0.4, -0.2) is 5.91 Å². The van der Waals surface area contributed by atoms with Crippen molar-refractivity contribution >= 4 is 27.5 Å². The highest BCUT2D eigenvalue weighted by atomic mass is 79.9. The van der Waals surface area contributed by atoms with Crippen molar-refractivity contribution in [2.24, 2.45) is 5.92 Å². The molecule has 1 fully saturated rings. The summed E-state index contributed by atoms with van der Waals surface area (Å²) in [5.74, 6) is 0.133. The fourth-order valence-corrected chi connectivity index (χ4v) is 2.69. The molecule has 0 aromatic heterocycles. The van der Waals surface area contributed by atoms with Gasteiger partial charge in [-0.25, -0.2) is 4.39 Å². The van der Waals surface area contributed by atoms with Crippen LogP contribution in [0.5, 0.6) is 0 Å². The zero-order valence-electron chi connectivity index (χ0n) is 10.2. The predicted molar refractivity (Wildman–Crippen MR) is 73.9 cm³/mol. The highest BCUT2D eigenvalue weighted by Crippen LogP contribution is 2.27. The molecule has 2 nitrogen and oxygen atoms in total. The molecule has 0 radical (unpaired) electrons. The second-order valence-electron chi connectivity index (χ2n) is 4.89. The van der Waals surface area contributed by atoms with Crippen LogP contribution in [0.2, 0.25) is 0 Å². The van der Waals surface area contributed by atoms with Crippen molar-refractivity contribution in [2.45, 2.75) is 38.5 Å². The SMILES string of the molecule is O=C(CC1CCCCC1)Nc1ccc(Br)c(F)c1. The third-order valence-electron chi connectivity index (χ3n) is 3.40. The lowest BCUT2D eigenvalue weighted by molar-refractivity contribution is -0.117. The summed E-state index contributed by atoms with van der Waals surface area (Å²) < 4.78 is 13.7. The molecule has 0 atom stereocenters. The second-order valence-corrected chi connectivity index (χ2v) is 5.74. The summed E-state index contributed by atoms with van der Waals surface area (Å²) in [6.07, 6.45) is 6.58. The molecule has 18 heavy (non-hydrogen) atoms. The van der Waals surface area contributed by atoms with Gasteiger partial charge in [-0.05, 0) is 52.9 Å². The molecular weight excluding hydrogens is 297 g/mol. The average Bonchev–Trinajstić information content (AvgIpc) is 2.35. The van der Waals surface area contributed by atoms with Crippen molar-refractivity contribution in [3.8, 4) is 0 Å². The van der Waals surface area contributed by atoms with Gasteiger partial charge in [0, 0.05) is 12.1 Å². The molecular formula is C14H17BrFNO. The first-order chi connectivity index (χ1) is 8.65. The minimum Gasteiger partial charge on any atom is -0.326 e. The molecule has 2 rings (SSSR count). The molecule has 4 heteroatoms. The Morgan fingerprint density at radius 2 is 2.06 bits per heavy atom. The van der Waals surface area contributed by atoms with E-state index >= 15 is 0 Å². The number of hydrogen-bond acceptors (Lipinski definition) is 1. The van der Waals surface area contributed by atoms with E-state index in [-0.39, 0.29) is 11.7 Å². The molecule has 98 valence electrons. The van der Waals surface area contributed by atoms with E-state index in [1.54, 1.807) is 12.1 Å². The Labute approximate surface area is 115 Å². The Hall–Kier alpha value is -0.900. The standard InChI is InChI=1S/C14H17BrFNO/c15-12-7-6-11(9-13(12)16)17-14(18)8-10-4-2-1-3-5-10/h6-7,9-10H,1-5,8H2,(H,17,18). The van der Waals surface area contributed by atoms with Gasteiger partial charge < -0.3 is 5.32 Å². The molecule has 1 saturated carbocycles. The van der Waals surface area contributed by atoms with Crippen LogP contribution >= 0.6 is 15.9 Å². The smallest absolute Gasteiger partial charge is 0.224 e. The van der Waals surface area contributed by atoms with Crippen LogP contribution in [0.15, 0.2) is 22.7 Å². The van der Waals surface area contributed by atoms with E-state index in [1.807, 2.05) is 0 Å². The average molecular weight is 314 g/mol. The number of rotatable bonds is 3. The summed E-state index contributed by atoms with van der Waals surface area (Å²) in [5.41, 5.74) is 0.525. The lowest BCUT2D eigenvalue weighted by Crippen LogP contribution is -2.18. The summed E-state index contributed by atoms with van der Waals surface area (Å²) in [4.78, 5) is 11.8. The highest BCUT2D eigenvalue weighted by molar-refractivity contribution is 9.10. The van der Waals surface area contributed by atoms with Crippen LogP contribution in [0.3, 0.4) is 0 Å². The van der Waals surface area contributed by atoms with Gasteiger partial charge in [0.2, 0.25) is 5.91 Å². The van der Waals surface area contributed by atoms with E-state index in [2.05, 4.69) is 21.2 Å². The number of carbonyl (C=O) groups is 1. The van der Waals surface area contributed by atoms with E-state index in [0.717, 1.165) is 12.8 Å². The second kappa shape index (κ2) is 6.32. The van der Waals surface area contributed by atoms with Crippen LogP contribution in [0.1, 0.15) is 38.5 Å². The van der Waals surface area contributed by atoms with Gasteiger partial charge >= 0.3 is 0 Å². The van der Waals surface area contributed by atoms with Crippen molar-refractivity contribution in [3.63, 3.8) is 0 Å². The minimum absolute atomic E-state index is 0.0105.